The third-order valence-corrected chi connectivity index (χ3v) is 3.18. The predicted octanol–water partition coefficient (Wildman–Crippen LogP) is 3.24. The summed E-state index contributed by atoms with van der Waals surface area (Å²) in [5.74, 6) is 0.915. The van der Waals surface area contributed by atoms with E-state index in [2.05, 4.69) is 41.5 Å². The van der Waals surface area contributed by atoms with E-state index < -0.39 is 0 Å². The zero-order valence-electron chi connectivity index (χ0n) is 12.2. The number of methoxy groups -OCH3 is 1. The monoisotopic (exact) mass is 270 g/mol. The quantitative estimate of drug-likeness (QED) is 0.836. The van der Waals surface area contributed by atoms with Crippen molar-refractivity contribution in [2.45, 2.75) is 6.54 Å². The van der Waals surface area contributed by atoms with Gasteiger partial charge in [0.15, 0.2) is 0 Å². The van der Waals surface area contributed by atoms with Crippen LogP contribution in [0, 0.1) is 0 Å². The highest BCUT2D eigenvalue weighted by atomic mass is 16.5. The Bertz CT molecular complexity index is 513. The lowest BCUT2D eigenvalue weighted by Gasteiger charge is -2.17. The molecule has 2 rings (SSSR count). The lowest BCUT2D eigenvalue weighted by molar-refractivity contribution is 0.338. The highest BCUT2D eigenvalue weighted by Crippen LogP contribution is 2.13. The molecule has 2 aromatic rings. The summed E-state index contributed by atoms with van der Waals surface area (Å²) < 4.78 is 5.24. The lowest BCUT2D eigenvalue weighted by Crippen LogP contribution is -2.24. The minimum absolute atomic E-state index is 0.915. The highest BCUT2D eigenvalue weighted by molar-refractivity contribution is 5.42. The molecular weight excluding hydrogens is 248 g/mol. The van der Waals surface area contributed by atoms with E-state index in [-0.39, 0.29) is 0 Å². The summed E-state index contributed by atoms with van der Waals surface area (Å²) in [4.78, 5) is 2.30. The first-order valence-electron chi connectivity index (χ1n) is 6.88. The molecule has 0 heterocycles. The van der Waals surface area contributed by atoms with Gasteiger partial charge in [0.25, 0.3) is 0 Å². The second kappa shape index (κ2) is 7.56. The third-order valence-electron chi connectivity index (χ3n) is 3.18. The van der Waals surface area contributed by atoms with Crippen LogP contribution in [0.5, 0.6) is 5.75 Å². The molecule has 0 aliphatic heterocycles. The number of rotatable bonds is 7. The van der Waals surface area contributed by atoms with Crippen molar-refractivity contribution in [2.24, 2.45) is 0 Å². The van der Waals surface area contributed by atoms with Gasteiger partial charge in [0.05, 0.1) is 7.11 Å². The number of benzene rings is 2. The SMILES string of the molecule is COc1cccc(CN(C)CCNc2ccccc2)c1. The Morgan fingerprint density at radius 3 is 2.60 bits per heavy atom. The van der Waals surface area contributed by atoms with Gasteiger partial charge in [0.2, 0.25) is 0 Å². The van der Waals surface area contributed by atoms with Crippen LogP contribution in [-0.4, -0.2) is 32.1 Å². The van der Waals surface area contributed by atoms with Gasteiger partial charge in [-0.3, -0.25) is 0 Å². The van der Waals surface area contributed by atoms with E-state index in [0.717, 1.165) is 25.4 Å². The average Bonchev–Trinajstić information content (AvgIpc) is 2.48. The number of nitrogens with zero attached hydrogens (tertiary/aromatic N) is 1. The van der Waals surface area contributed by atoms with Gasteiger partial charge in [-0.2, -0.15) is 0 Å². The van der Waals surface area contributed by atoms with Crippen LogP contribution < -0.4 is 10.1 Å². The molecule has 0 fully saturated rings. The summed E-state index contributed by atoms with van der Waals surface area (Å²) in [6, 6.07) is 18.5. The van der Waals surface area contributed by atoms with Crippen molar-refractivity contribution in [3.8, 4) is 5.75 Å². The summed E-state index contributed by atoms with van der Waals surface area (Å²) in [6.07, 6.45) is 0. The smallest absolute Gasteiger partial charge is 0.119 e. The predicted molar refractivity (Wildman–Crippen MR) is 84.3 cm³/mol. The molecule has 0 radical (unpaired) electrons. The van der Waals surface area contributed by atoms with Gasteiger partial charge in [0.1, 0.15) is 5.75 Å². The second-order valence-corrected chi connectivity index (χ2v) is 4.88. The number of nitrogens with one attached hydrogen (secondary N) is 1. The third kappa shape index (κ3) is 4.59. The van der Waals surface area contributed by atoms with Crippen molar-refractivity contribution in [3.05, 3.63) is 60.2 Å². The molecule has 0 atom stereocenters. The van der Waals surface area contributed by atoms with Crippen molar-refractivity contribution >= 4 is 5.69 Å². The van der Waals surface area contributed by atoms with Gasteiger partial charge in [-0.15, -0.1) is 0 Å². The normalized spacial score (nSPS) is 10.6. The van der Waals surface area contributed by atoms with E-state index in [0.29, 0.717) is 0 Å². The Hall–Kier alpha value is -2.00. The molecule has 0 aliphatic carbocycles. The zero-order chi connectivity index (χ0) is 14.2. The van der Waals surface area contributed by atoms with Gasteiger partial charge in [0, 0.05) is 25.3 Å². The fourth-order valence-electron chi connectivity index (χ4n) is 2.11. The van der Waals surface area contributed by atoms with Gasteiger partial charge >= 0.3 is 0 Å². The van der Waals surface area contributed by atoms with Crippen molar-refractivity contribution in [2.75, 3.05) is 32.6 Å². The largest absolute Gasteiger partial charge is 0.497 e. The van der Waals surface area contributed by atoms with Crippen LogP contribution >= 0.6 is 0 Å². The fraction of sp³-hybridized carbons (Fsp3) is 0.294. The van der Waals surface area contributed by atoms with Crippen LogP contribution in [-0.2, 0) is 6.54 Å². The molecule has 20 heavy (non-hydrogen) atoms. The van der Waals surface area contributed by atoms with Crippen LogP contribution in [0.1, 0.15) is 5.56 Å². The van der Waals surface area contributed by atoms with Crippen LogP contribution in [0.15, 0.2) is 54.6 Å². The Labute approximate surface area is 121 Å². The Balaban J connectivity index is 1.76. The van der Waals surface area contributed by atoms with E-state index in [4.69, 9.17) is 4.74 Å². The molecule has 0 aromatic heterocycles. The second-order valence-electron chi connectivity index (χ2n) is 4.88. The van der Waals surface area contributed by atoms with Crippen molar-refractivity contribution in [1.29, 1.82) is 0 Å². The maximum atomic E-state index is 5.24. The van der Waals surface area contributed by atoms with Gasteiger partial charge in [-0.05, 0) is 36.9 Å². The minimum Gasteiger partial charge on any atom is -0.497 e. The number of likely N-dealkylation sites (N-methyl/N-ethyl adjacent to an activating group) is 1. The summed E-state index contributed by atoms with van der Waals surface area (Å²) in [5, 5.41) is 3.42. The number of hydrogen-bond acceptors (Lipinski definition) is 3. The summed E-state index contributed by atoms with van der Waals surface area (Å²) in [7, 11) is 3.83. The Morgan fingerprint density at radius 1 is 1.05 bits per heavy atom. The highest BCUT2D eigenvalue weighted by Gasteiger charge is 2.01. The number of anilines is 1. The van der Waals surface area contributed by atoms with Crippen molar-refractivity contribution < 1.29 is 4.74 Å². The van der Waals surface area contributed by atoms with E-state index in [1.54, 1.807) is 7.11 Å². The molecule has 0 unspecified atom stereocenters. The summed E-state index contributed by atoms with van der Waals surface area (Å²) in [5.41, 5.74) is 2.44. The molecule has 0 saturated carbocycles. The number of hydrogen-bond donors (Lipinski definition) is 1. The van der Waals surface area contributed by atoms with Crippen molar-refractivity contribution in [1.82, 2.24) is 4.90 Å². The summed E-state index contributed by atoms with van der Waals surface area (Å²) in [6.45, 7) is 2.85. The fourth-order valence-corrected chi connectivity index (χ4v) is 2.11. The van der Waals surface area contributed by atoms with Crippen LogP contribution in [0.4, 0.5) is 5.69 Å². The molecule has 0 bridgehead atoms. The first-order chi connectivity index (χ1) is 9.78. The average molecular weight is 270 g/mol. The molecule has 3 heteroatoms. The first-order valence-corrected chi connectivity index (χ1v) is 6.88. The molecule has 0 spiro atoms. The first kappa shape index (κ1) is 14.4. The van der Waals surface area contributed by atoms with Gasteiger partial charge < -0.3 is 15.0 Å². The minimum atomic E-state index is 0.915. The number of ether oxygens (including phenoxy) is 1. The number of para-hydroxylation sites is 1. The zero-order valence-corrected chi connectivity index (χ0v) is 12.2. The maximum Gasteiger partial charge on any atom is 0.119 e. The van der Waals surface area contributed by atoms with Gasteiger partial charge in [-0.1, -0.05) is 30.3 Å². The molecule has 2 aromatic carbocycles. The van der Waals surface area contributed by atoms with E-state index in [9.17, 15) is 0 Å². The van der Waals surface area contributed by atoms with Crippen LogP contribution in [0.2, 0.25) is 0 Å². The van der Waals surface area contributed by atoms with E-state index >= 15 is 0 Å². The van der Waals surface area contributed by atoms with E-state index in [1.807, 2.05) is 30.3 Å². The molecule has 0 saturated heterocycles. The van der Waals surface area contributed by atoms with Crippen LogP contribution in [0.25, 0.3) is 0 Å². The Morgan fingerprint density at radius 2 is 1.85 bits per heavy atom. The molecule has 1 N–H and O–H groups in total. The molecule has 106 valence electrons. The topological polar surface area (TPSA) is 24.5 Å². The van der Waals surface area contributed by atoms with Gasteiger partial charge in [-0.25, -0.2) is 0 Å². The van der Waals surface area contributed by atoms with E-state index in [1.165, 1.54) is 11.3 Å². The van der Waals surface area contributed by atoms with Crippen molar-refractivity contribution in [3.63, 3.8) is 0 Å². The van der Waals surface area contributed by atoms with Crippen LogP contribution in [0.3, 0.4) is 0 Å². The summed E-state index contributed by atoms with van der Waals surface area (Å²) >= 11 is 0. The molecule has 0 amide bonds. The molecule has 3 nitrogen and oxygen atoms in total. The Kier molecular flexibility index (Phi) is 5.44. The molecular formula is C17H22N2O. The molecule has 0 aliphatic rings. The maximum absolute atomic E-state index is 5.24. The standard InChI is InChI=1S/C17H22N2O/c1-19(12-11-18-16-8-4-3-5-9-16)14-15-7-6-10-17(13-15)20-2/h3-10,13,18H,11-12,14H2,1-2H3. The lowest BCUT2D eigenvalue weighted by atomic mass is 10.2.